The van der Waals surface area contributed by atoms with E-state index >= 15 is 0 Å². The van der Waals surface area contributed by atoms with Crippen LogP contribution in [-0.4, -0.2) is 5.78 Å². The number of hydrogen-bond acceptors (Lipinski definition) is 1. The molecule has 1 saturated carbocycles. The van der Waals surface area contributed by atoms with E-state index < -0.39 is 17.6 Å². The summed E-state index contributed by atoms with van der Waals surface area (Å²) in [5, 5.41) is 0. The molecule has 1 aliphatic carbocycles. The minimum atomic E-state index is -0.866. The van der Waals surface area contributed by atoms with Crippen molar-refractivity contribution >= 4 is 28.4 Å². The maximum absolute atomic E-state index is 13.4. The zero-order chi connectivity index (χ0) is 10.3. The molecule has 14 heavy (non-hydrogen) atoms. The van der Waals surface area contributed by atoms with Gasteiger partial charge < -0.3 is 0 Å². The van der Waals surface area contributed by atoms with Gasteiger partial charge in [0.15, 0.2) is 11.6 Å². The Balaban J connectivity index is 2.44. The Morgan fingerprint density at radius 2 is 2.00 bits per heavy atom. The highest BCUT2D eigenvalue weighted by Crippen LogP contribution is 2.35. The zero-order valence-electron chi connectivity index (χ0n) is 7.19. The van der Waals surface area contributed by atoms with Crippen molar-refractivity contribution in [2.24, 2.45) is 0 Å². The van der Waals surface area contributed by atoms with Crippen LogP contribution in [0.2, 0.25) is 0 Å². The second-order valence-electron chi connectivity index (χ2n) is 3.32. The van der Waals surface area contributed by atoms with Crippen molar-refractivity contribution in [2.75, 3.05) is 0 Å². The predicted octanol–water partition coefficient (Wildman–Crippen LogP) is 3.02. The molecule has 74 valence electrons. The molecule has 0 saturated heterocycles. The molecule has 4 heteroatoms. The van der Waals surface area contributed by atoms with E-state index in [4.69, 9.17) is 0 Å². The molecule has 0 aromatic heterocycles. The summed E-state index contributed by atoms with van der Waals surface area (Å²) in [6, 6.07) is 3.00. The lowest BCUT2D eigenvalue weighted by atomic mass is 9.78. The lowest BCUT2D eigenvalue weighted by Crippen LogP contribution is -2.24. The largest absolute Gasteiger partial charge is 0.299 e. The standard InChI is InChI=1S/C10H7F2IO/c11-9-6(5-2-4-8(5)14)1-3-7(13)10(9)12/h1,3,5H,2,4H2. The molecule has 1 unspecified atom stereocenters. The Morgan fingerprint density at radius 3 is 2.50 bits per heavy atom. The van der Waals surface area contributed by atoms with Crippen molar-refractivity contribution in [3.05, 3.63) is 32.9 Å². The second kappa shape index (κ2) is 3.56. The average molecular weight is 308 g/mol. The molecule has 1 fully saturated rings. The van der Waals surface area contributed by atoms with Crippen LogP contribution < -0.4 is 0 Å². The minimum Gasteiger partial charge on any atom is -0.299 e. The summed E-state index contributed by atoms with van der Waals surface area (Å²) in [4.78, 5) is 11.1. The van der Waals surface area contributed by atoms with Crippen LogP contribution in [0.15, 0.2) is 12.1 Å². The summed E-state index contributed by atoms with van der Waals surface area (Å²) in [6.07, 6.45) is 1.12. The van der Waals surface area contributed by atoms with Crippen molar-refractivity contribution in [1.82, 2.24) is 0 Å². The number of Topliss-reactive ketones (excluding diaryl/α,β-unsaturated/α-hetero) is 1. The molecule has 1 aromatic carbocycles. The molecule has 2 rings (SSSR count). The smallest absolute Gasteiger partial charge is 0.172 e. The van der Waals surface area contributed by atoms with Gasteiger partial charge in [-0.2, -0.15) is 0 Å². The number of ketones is 1. The van der Waals surface area contributed by atoms with Crippen LogP contribution in [-0.2, 0) is 4.79 Å². The first-order valence-electron chi connectivity index (χ1n) is 4.27. The number of carbonyl (C=O) groups excluding carboxylic acids is 1. The second-order valence-corrected chi connectivity index (χ2v) is 4.48. The van der Waals surface area contributed by atoms with Crippen LogP contribution in [0.4, 0.5) is 8.78 Å². The lowest BCUT2D eigenvalue weighted by Gasteiger charge is -2.24. The van der Waals surface area contributed by atoms with Gasteiger partial charge in [-0.25, -0.2) is 8.78 Å². The molecule has 0 amide bonds. The van der Waals surface area contributed by atoms with Gasteiger partial charge in [-0.15, -0.1) is 0 Å². The number of carbonyl (C=O) groups is 1. The summed E-state index contributed by atoms with van der Waals surface area (Å²) < 4.78 is 26.8. The highest BCUT2D eigenvalue weighted by atomic mass is 127. The number of halogens is 3. The van der Waals surface area contributed by atoms with Crippen molar-refractivity contribution in [3.63, 3.8) is 0 Å². The van der Waals surface area contributed by atoms with E-state index in [2.05, 4.69) is 0 Å². The third kappa shape index (κ3) is 1.45. The fourth-order valence-corrected chi connectivity index (χ4v) is 1.96. The van der Waals surface area contributed by atoms with Gasteiger partial charge in [0.1, 0.15) is 5.78 Å². The fraction of sp³-hybridized carbons (Fsp3) is 0.300. The van der Waals surface area contributed by atoms with E-state index in [1.807, 2.05) is 0 Å². The van der Waals surface area contributed by atoms with E-state index in [1.54, 1.807) is 22.6 Å². The fourth-order valence-electron chi connectivity index (χ4n) is 1.55. The zero-order valence-corrected chi connectivity index (χ0v) is 9.35. The number of hydrogen-bond donors (Lipinski definition) is 0. The molecule has 0 heterocycles. The highest BCUT2D eigenvalue weighted by molar-refractivity contribution is 14.1. The number of rotatable bonds is 1. The van der Waals surface area contributed by atoms with Gasteiger partial charge in [-0.05, 0) is 35.1 Å². The van der Waals surface area contributed by atoms with Crippen LogP contribution in [0.1, 0.15) is 24.3 Å². The van der Waals surface area contributed by atoms with Crippen molar-refractivity contribution in [1.29, 1.82) is 0 Å². The molecule has 1 aliphatic rings. The first-order valence-corrected chi connectivity index (χ1v) is 5.35. The van der Waals surface area contributed by atoms with E-state index in [-0.39, 0.29) is 14.9 Å². The van der Waals surface area contributed by atoms with Crippen LogP contribution in [0.3, 0.4) is 0 Å². The normalized spacial score (nSPS) is 20.8. The van der Waals surface area contributed by atoms with Gasteiger partial charge in [0.25, 0.3) is 0 Å². The highest BCUT2D eigenvalue weighted by Gasteiger charge is 2.32. The minimum absolute atomic E-state index is 0.00417. The van der Waals surface area contributed by atoms with Gasteiger partial charge in [0, 0.05) is 17.9 Å². The van der Waals surface area contributed by atoms with Gasteiger partial charge >= 0.3 is 0 Å². The molecule has 1 aromatic rings. The van der Waals surface area contributed by atoms with Crippen molar-refractivity contribution in [2.45, 2.75) is 18.8 Å². The van der Waals surface area contributed by atoms with Crippen molar-refractivity contribution in [3.8, 4) is 0 Å². The molecule has 1 atom stereocenters. The SMILES string of the molecule is O=C1CCC1c1ccc(I)c(F)c1F. The summed E-state index contributed by atoms with van der Waals surface area (Å²) in [5.74, 6) is -2.12. The molecular weight excluding hydrogens is 301 g/mol. The molecule has 0 N–H and O–H groups in total. The molecule has 0 spiro atoms. The van der Waals surface area contributed by atoms with Crippen LogP contribution in [0.25, 0.3) is 0 Å². The van der Waals surface area contributed by atoms with E-state index in [9.17, 15) is 13.6 Å². The van der Waals surface area contributed by atoms with Crippen LogP contribution >= 0.6 is 22.6 Å². The third-order valence-corrected chi connectivity index (χ3v) is 3.34. The first kappa shape index (κ1) is 10.0. The molecule has 0 aliphatic heterocycles. The quantitative estimate of drug-likeness (QED) is 0.576. The summed E-state index contributed by atoms with van der Waals surface area (Å²) in [5.41, 5.74) is 0.208. The maximum Gasteiger partial charge on any atom is 0.172 e. The topological polar surface area (TPSA) is 17.1 Å². The van der Waals surface area contributed by atoms with E-state index in [0.717, 1.165) is 0 Å². The molecule has 1 nitrogen and oxygen atoms in total. The number of benzene rings is 1. The summed E-state index contributed by atoms with van der Waals surface area (Å²) >= 11 is 1.73. The molecule has 0 radical (unpaired) electrons. The van der Waals surface area contributed by atoms with Gasteiger partial charge in [0.05, 0.1) is 3.57 Å². The van der Waals surface area contributed by atoms with Gasteiger partial charge in [0.2, 0.25) is 0 Å². The van der Waals surface area contributed by atoms with Crippen LogP contribution in [0, 0.1) is 15.2 Å². The summed E-state index contributed by atoms with van der Waals surface area (Å²) in [7, 11) is 0. The van der Waals surface area contributed by atoms with Gasteiger partial charge in [-0.3, -0.25) is 4.79 Å². The Hall–Kier alpha value is -0.520. The van der Waals surface area contributed by atoms with Crippen LogP contribution in [0.5, 0.6) is 0 Å². The predicted molar refractivity (Wildman–Crippen MR) is 56.1 cm³/mol. The Bertz CT molecular complexity index is 403. The van der Waals surface area contributed by atoms with Gasteiger partial charge in [-0.1, -0.05) is 6.07 Å². The Morgan fingerprint density at radius 1 is 1.29 bits per heavy atom. The van der Waals surface area contributed by atoms with E-state index in [1.165, 1.54) is 12.1 Å². The third-order valence-electron chi connectivity index (χ3n) is 2.51. The van der Waals surface area contributed by atoms with Crippen molar-refractivity contribution < 1.29 is 13.6 Å². The van der Waals surface area contributed by atoms with E-state index in [0.29, 0.717) is 12.8 Å². The maximum atomic E-state index is 13.4. The summed E-state index contributed by atoms with van der Waals surface area (Å²) in [6.45, 7) is 0. The Labute approximate surface area is 93.6 Å². The molecule has 0 bridgehead atoms. The Kier molecular flexibility index (Phi) is 2.55. The average Bonchev–Trinajstić information content (AvgIpc) is 2.16. The lowest BCUT2D eigenvalue weighted by molar-refractivity contribution is -0.125. The molecular formula is C10H7F2IO. The monoisotopic (exact) mass is 308 g/mol. The first-order chi connectivity index (χ1) is 6.61.